The predicted octanol–water partition coefficient (Wildman–Crippen LogP) is 2.62. The summed E-state index contributed by atoms with van der Waals surface area (Å²) in [5.41, 5.74) is 4.07. The summed E-state index contributed by atoms with van der Waals surface area (Å²) in [4.78, 5) is 4.53. The van der Waals surface area contributed by atoms with Gasteiger partial charge < -0.3 is 0 Å². The molecule has 1 aromatic carbocycles. The van der Waals surface area contributed by atoms with Crippen molar-refractivity contribution >= 4 is 34.9 Å². The molecule has 0 atom stereocenters. The molecule has 2 aromatic rings. The van der Waals surface area contributed by atoms with E-state index in [1.165, 1.54) is 0 Å². The second kappa shape index (κ2) is 4.62. The fourth-order valence-corrected chi connectivity index (χ4v) is 2.51. The lowest BCUT2D eigenvalue weighted by molar-refractivity contribution is 0.801. The number of amidine groups is 1. The molecule has 92 valence electrons. The van der Waals surface area contributed by atoms with Crippen LogP contribution in [0.4, 0.5) is 5.69 Å². The fourth-order valence-electron chi connectivity index (χ4n) is 1.59. The summed E-state index contributed by atoms with van der Waals surface area (Å²) in [7, 11) is 0. The van der Waals surface area contributed by atoms with E-state index < -0.39 is 0 Å². The summed E-state index contributed by atoms with van der Waals surface area (Å²) < 4.78 is 1.84. The Kier molecular flexibility index (Phi) is 2.97. The first-order valence-electron chi connectivity index (χ1n) is 5.37. The van der Waals surface area contributed by atoms with Crippen LogP contribution in [0.5, 0.6) is 0 Å². The quantitative estimate of drug-likeness (QED) is 0.872. The van der Waals surface area contributed by atoms with Crippen molar-refractivity contribution in [3.05, 3.63) is 35.1 Å². The number of aromatic nitrogens is 3. The van der Waals surface area contributed by atoms with Gasteiger partial charge in [0.15, 0.2) is 0 Å². The molecule has 1 aliphatic heterocycles. The summed E-state index contributed by atoms with van der Waals surface area (Å²) in [6.07, 6.45) is 0. The molecule has 0 fully saturated rings. The monoisotopic (exact) mass is 279 g/mol. The van der Waals surface area contributed by atoms with Gasteiger partial charge in [0.05, 0.1) is 11.4 Å². The zero-order valence-corrected chi connectivity index (χ0v) is 11.2. The fraction of sp³-hybridized carbons (Fsp3) is 0.182. The largest absolute Gasteiger partial charge is 0.277 e. The van der Waals surface area contributed by atoms with Crippen molar-refractivity contribution in [1.29, 1.82) is 0 Å². The van der Waals surface area contributed by atoms with Crippen molar-refractivity contribution in [2.75, 3.05) is 11.2 Å². The third-order valence-electron chi connectivity index (χ3n) is 2.46. The van der Waals surface area contributed by atoms with E-state index >= 15 is 0 Å². The Morgan fingerprint density at radius 2 is 2.11 bits per heavy atom. The van der Waals surface area contributed by atoms with Crippen molar-refractivity contribution in [2.45, 2.75) is 12.1 Å². The number of benzene rings is 1. The highest BCUT2D eigenvalue weighted by Crippen LogP contribution is 2.22. The molecule has 5 nitrogen and oxygen atoms in total. The molecule has 2 heterocycles. The van der Waals surface area contributed by atoms with Gasteiger partial charge in [-0.25, -0.2) is 9.67 Å². The minimum absolute atomic E-state index is 0.710. The van der Waals surface area contributed by atoms with E-state index in [4.69, 9.17) is 11.6 Å². The van der Waals surface area contributed by atoms with E-state index in [9.17, 15) is 0 Å². The molecule has 7 heteroatoms. The van der Waals surface area contributed by atoms with Crippen LogP contribution >= 0.6 is 23.4 Å². The van der Waals surface area contributed by atoms with Gasteiger partial charge in [-0.05, 0) is 31.2 Å². The Morgan fingerprint density at radius 1 is 1.33 bits per heavy atom. The molecule has 0 radical (unpaired) electrons. The van der Waals surface area contributed by atoms with E-state index in [1.807, 2.05) is 35.9 Å². The van der Waals surface area contributed by atoms with Crippen molar-refractivity contribution in [1.82, 2.24) is 14.9 Å². The summed E-state index contributed by atoms with van der Waals surface area (Å²) in [5, 5.41) is 9.63. The van der Waals surface area contributed by atoms with E-state index in [-0.39, 0.29) is 0 Å². The van der Waals surface area contributed by atoms with Crippen molar-refractivity contribution < 1.29 is 0 Å². The van der Waals surface area contributed by atoms with Gasteiger partial charge in [0, 0.05) is 5.02 Å². The third-order valence-corrected chi connectivity index (χ3v) is 3.66. The van der Waals surface area contributed by atoms with Gasteiger partial charge in [-0.15, -0.1) is 10.2 Å². The van der Waals surface area contributed by atoms with Crippen molar-refractivity contribution in [3.8, 4) is 0 Å². The summed E-state index contributed by atoms with van der Waals surface area (Å²) in [6.45, 7) is 1.90. The molecule has 0 spiro atoms. The van der Waals surface area contributed by atoms with Crippen LogP contribution in [0.25, 0.3) is 0 Å². The zero-order valence-electron chi connectivity index (χ0n) is 9.59. The summed E-state index contributed by atoms with van der Waals surface area (Å²) in [5.74, 6) is 2.44. The number of nitrogens with zero attached hydrogens (tertiary/aromatic N) is 4. The topological polar surface area (TPSA) is 55.1 Å². The Hall–Kier alpha value is -1.53. The van der Waals surface area contributed by atoms with Crippen LogP contribution in [0.15, 0.2) is 34.4 Å². The maximum atomic E-state index is 5.84. The van der Waals surface area contributed by atoms with Crippen LogP contribution in [-0.4, -0.2) is 26.5 Å². The molecule has 1 N–H and O–H groups in total. The van der Waals surface area contributed by atoms with Gasteiger partial charge in [-0.1, -0.05) is 23.4 Å². The normalized spacial score (nSPS) is 16.4. The summed E-state index contributed by atoms with van der Waals surface area (Å²) >= 11 is 7.45. The van der Waals surface area contributed by atoms with Crippen LogP contribution in [0.1, 0.15) is 5.82 Å². The smallest absolute Gasteiger partial charge is 0.210 e. The Labute approximate surface area is 113 Å². The van der Waals surface area contributed by atoms with Crippen LogP contribution in [0, 0.1) is 6.92 Å². The van der Waals surface area contributed by atoms with Gasteiger partial charge in [0.2, 0.25) is 5.16 Å². The molecule has 0 aliphatic carbocycles. The molecule has 0 unspecified atom stereocenters. The Morgan fingerprint density at radius 3 is 2.89 bits per heavy atom. The minimum atomic E-state index is 0.710. The predicted molar refractivity (Wildman–Crippen MR) is 73.4 cm³/mol. The van der Waals surface area contributed by atoms with Crippen LogP contribution in [0.2, 0.25) is 5.02 Å². The number of rotatable bonds is 1. The van der Waals surface area contributed by atoms with Gasteiger partial charge >= 0.3 is 0 Å². The molecule has 1 aromatic heterocycles. The van der Waals surface area contributed by atoms with E-state index in [0.29, 0.717) is 5.02 Å². The Bertz CT molecular complexity index is 604. The van der Waals surface area contributed by atoms with Crippen LogP contribution < -0.4 is 5.43 Å². The third kappa shape index (κ3) is 2.21. The first kappa shape index (κ1) is 11.6. The lowest BCUT2D eigenvalue weighted by Crippen LogP contribution is -2.30. The second-order valence-electron chi connectivity index (χ2n) is 3.80. The molecule has 18 heavy (non-hydrogen) atoms. The average molecular weight is 280 g/mol. The molecule has 0 amide bonds. The van der Waals surface area contributed by atoms with Crippen molar-refractivity contribution in [3.63, 3.8) is 0 Å². The first-order valence-corrected chi connectivity index (χ1v) is 6.74. The average Bonchev–Trinajstić information content (AvgIpc) is 2.74. The minimum Gasteiger partial charge on any atom is -0.277 e. The highest BCUT2D eigenvalue weighted by Gasteiger charge is 2.17. The van der Waals surface area contributed by atoms with Crippen molar-refractivity contribution in [2.24, 2.45) is 4.99 Å². The van der Waals surface area contributed by atoms with Gasteiger partial charge in [0.1, 0.15) is 11.7 Å². The highest BCUT2D eigenvalue weighted by molar-refractivity contribution is 7.99. The molecule has 0 saturated carbocycles. The zero-order chi connectivity index (χ0) is 12.5. The number of thioether (sulfide) groups is 1. The van der Waals surface area contributed by atoms with Gasteiger partial charge in [-0.3, -0.25) is 5.43 Å². The molecular weight excluding hydrogens is 270 g/mol. The number of aryl methyl sites for hydroxylation is 1. The molecule has 3 rings (SSSR count). The van der Waals surface area contributed by atoms with E-state index in [1.54, 1.807) is 11.8 Å². The molecule has 0 saturated heterocycles. The maximum Gasteiger partial charge on any atom is 0.210 e. The molecule has 1 aliphatic rings. The Balaban J connectivity index is 1.87. The highest BCUT2D eigenvalue weighted by atomic mass is 35.5. The number of halogens is 1. The lowest BCUT2D eigenvalue weighted by Gasteiger charge is -2.17. The number of nitrogens with one attached hydrogen (secondary N) is 1. The summed E-state index contributed by atoms with van der Waals surface area (Å²) in [6, 6.07) is 7.42. The van der Waals surface area contributed by atoms with Crippen LogP contribution in [-0.2, 0) is 0 Å². The molecular formula is C11H10ClN5S. The van der Waals surface area contributed by atoms with Gasteiger partial charge in [0.25, 0.3) is 0 Å². The van der Waals surface area contributed by atoms with Gasteiger partial charge in [-0.2, -0.15) is 0 Å². The number of hydrogen-bond acceptors (Lipinski definition) is 4. The first-order chi connectivity index (χ1) is 8.72. The lowest BCUT2D eigenvalue weighted by atomic mass is 10.3. The SMILES string of the molecule is Cc1nnc2n1NC(=Nc1ccc(Cl)cc1)CS2. The number of aliphatic imine (C=N–C) groups is 1. The molecule has 0 bridgehead atoms. The number of hydrogen-bond donors (Lipinski definition) is 1. The standard InChI is InChI=1S/C11H10ClN5S/c1-7-14-15-11-17(7)16-10(6-18-11)13-9-4-2-8(12)3-5-9/h2-5H,6H2,1H3,(H,13,16). The van der Waals surface area contributed by atoms with Crippen LogP contribution in [0.3, 0.4) is 0 Å². The number of fused-ring (bicyclic) bond motifs is 1. The maximum absolute atomic E-state index is 5.84. The van der Waals surface area contributed by atoms with E-state index in [2.05, 4.69) is 20.6 Å². The van der Waals surface area contributed by atoms with E-state index in [0.717, 1.165) is 28.3 Å². The second-order valence-corrected chi connectivity index (χ2v) is 5.18.